The van der Waals surface area contributed by atoms with Gasteiger partial charge in [-0.1, -0.05) is 12.1 Å². The van der Waals surface area contributed by atoms with Crippen LogP contribution >= 0.6 is 0 Å². The topological polar surface area (TPSA) is 111 Å². The summed E-state index contributed by atoms with van der Waals surface area (Å²) in [6.45, 7) is 7.02. The van der Waals surface area contributed by atoms with Gasteiger partial charge in [0.25, 0.3) is 0 Å². The predicted molar refractivity (Wildman–Crippen MR) is 98.4 cm³/mol. The van der Waals surface area contributed by atoms with E-state index in [4.69, 9.17) is 9.47 Å². The van der Waals surface area contributed by atoms with Gasteiger partial charge in [-0.25, -0.2) is 18.0 Å². The van der Waals surface area contributed by atoms with Gasteiger partial charge in [0.05, 0.1) is 12.9 Å². The first-order valence-electron chi connectivity index (χ1n) is 8.12. The summed E-state index contributed by atoms with van der Waals surface area (Å²) >= 11 is 0. The zero-order chi connectivity index (χ0) is 20.0. The number of carbonyl (C=O) groups excluding carboxylic acids is 2. The molecule has 1 aromatic rings. The zero-order valence-corrected chi connectivity index (χ0v) is 16.5. The van der Waals surface area contributed by atoms with Crippen LogP contribution < -0.4 is 10.0 Å². The molecule has 26 heavy (non-hydrogen) atoms. The van der Waals surface area contributed by atoms with Crippen molar-refractivity contribution in [3.05, 3.63) is 29.8 Å². The first-order chi connectivity index (χ1) is 11.9. The highest BCUT2D eigenvalue weighted by Gasteiger charge is 2.25. The Labute approximate surface area is 154 Å². The van der Waals surface area contributed by atoms with E-state index < -0.39 is 33.7 Å². The summed E-state index contributed by atoms with van der Waals surface area (Å²) in [6, 6.07) is 5.56. The van der Waals surface area contributed by atoms with Crippen LogP contribution in [0.15, 0.2) is 24.3 Å². The van der Waals surface area contributed by atoms with Crippen molar-refractivity contribution >= 4 is 27.8 Å². The van der Waals surface area contributed by atoms with E-state index in [-0.39, 0.29) is 13.0 Å². The Morgan fingerprint density at radius 3 is 2.19 bits per heavy atom. The molecule has 9 heteroatoms. The van der Waals surface area contributed by atoms with Crippen molar-refractivity contribution < 1.29 is 27.5 Å². The summed E-state index contributed by atoms with van der Waals surface area (Å²) in [5, 5.41) is 2.51. The Bertz CT molecular complexity index is 723. The van der Waals surface area contributed by atoms with Gasteiger partial charge < -0.3 is 14.8 Å². The number of rotatable bonds is 7. The van der Waals surface area contributed by atoms with Crippen molar-refractivity contribution in [2.45, 2.75) is 45.8 Å². The molecule has 1 amide bonds. The predicted octanol–water partition coefficient (Wildman–Crippen LogP) is 2.06. The number of sulfonamides is 1. The molecule has 0 bridgehead atoms. The number of ether oxygens (including phenoxy) is 2. The van der Waals surface area contributed by atoms with Crippen LogP contribution in [0.2, 0.25) is 0 Å². The molecular weight excluding hydrogens is 360 g/mol. The molecule has 0 spiro atoms. The fraction of sp³-hybridized carbons (Fsp3) is 0.529. The summed E-state index contributed by atoms with van der Waals surface area (Å²) in [7, 11) is -3.36. The molecule has 0 aliphatic heterocycles. The second kappa shape index (κ2) is 8.88. The molecule has 1 atom stereocenters. The number of hydrogen-bond acceptors (Lipinski definition) is 6. The van der Waals surface area contributed by atoms with Crippen molar-refractivity contribution in [2.24, 2.45) is 0 Å². The number of amides is 1. The summed E-state index contributed by atoms with van der Waals surface area (Å²) in [6.07, 6.45) is 0.519. The quantitative estimate of drug-likeness (QED) is 0.694. The molecule has 0 aliphatic rings. The third kappa shape index (κ3) is 8.70. The van der Waals surface area contributed by atoms with Gasteiger partial charge >= 0.3 is 12.1 Å². The van der Waals surface area contributed by atoms with Crippen LogP contribution in [0.3, 0.4) is 0 Å². The number of hydrogen-bond donors (Lipinski definition) is 2. The summed E-state index contributed by atoms with van der Waals surface area (Å²) in [5.41, 5.74) is 0.435. The molecular formula is C17H26N2O6S. The maximum Gasteiger partial charge on any atom is 0.408 e. The first kappa shape index (κ1) is 21.8. The highest BCUT2D eigenvalue weighted by Crippen LogP contribution is 2.14. The van der Waals surface area contributed by atoms with E-state index in [0.717, 1.165) is 11.8 Å². The van der Waals surface area contributed by atoms with Crippen molar-refractivity contribution in [3.8, 4) is 0 Å². The van der Waals surface area contributed by atoms with E-state index >= 15 is 0 Å². The SMILES string of the molecule is CCOC(=O)[C@H](Cc1ccc(NS(C)(=O)=O)cc1)NC(=O)OC(C)(C)C. The molecule has 0 aromatic heterocycles. The second-order valence-electron chi connectivity index (χ2n) is 6.73. The smallest absolute Gasteiger partial charge is 0.408 e. The van der Waals surface area contributed by atoms with Crippen molar-refractivity contribution in [2.75, 3.05) is 17.6 Å². The Hall–Kier alpha value is -2.29. The van der Waals surface area contributed by atoms with Crippen LogP contribution in [0, 0.1) is 0 Å². The lowest BCUT2D eigenvalue weighted by atomic mass is 10.1. The van der Waals surface area contributed by atoms with Crippen molar-refractivity contribution in [1.82, 2.24) is 5.32 Å². The molecule has 2 N–H and O–H groups in total. The first-order valence-corrected chi connectivity index (χ1v) is 10.0. The summed E-state index contributed by atoms with van der Waals surface area (Å²) < 4.78 is 35.0. The summed E-state index contributed by atoms with van der Waals surface area (Å²) in [4.78, 5) is 24.1. The minimum absolute atomic E-state index is 0.178. The molecule has 1 rings (SSSR count). The Kier molecular flexibility index (Phi) is 7.43. The van der Waals surface area contributed by atoms with E-state index in [1.807, 2.05) is 0 Å². The largest absolute Gasteiger partial charge is 0.464 e. The van der Waals surface area contributed by atoms with Gasteiger partial charge in [0.1, 0.15) is 11.6 Å². The maximum absolute atomic E-state index is 12.1. The maximum atomic E-state index is 12.1. The van der Waals surface area contributed by atoms with Crippen LogP contribution in [0.25, 0.3) is 0 Å². The van der Waals surface area contributed by atoms with Crippen LogP contribution in [-0.4, -0.2) is 45.0 Å². The van der Waals surface area contributed by atoms with Gasteiger partial charge in [0.2, 0.25) is 10.0 Å². The standard InChI is InChI=1S/C17H26N2O6S/c1-6-24-15(20)14(18-16(21)25-17(2,3)4)11-12-7-9-13(10-8-12)19-26(5,22)23/h7-10,14,19H,6,11H2,1-5H3,(H,18,21)/t14-/m0/s1. The van der Waals surface area contributed by atoms with Gasteiger partial charge in [-0.15, -0.1) is 0 Å². The third-order valence-corrected chi connectivity index (χ3v) is 3.57. The molecule has 0 fully saturated rings. The molecule has 0 unspecified atom stereocenters. The lowest BCUT2D eigenvalue weighted by Crippen LogP contribution is -2.45. The number of alkyl carbamates (subject to hydrolysis) is 1. The van der Waals surface area contributed by atoms with Crippen molar-refractivity contribution in [1.29, 1.82) is 0 Å². The van der Waals surface area contributed by atoms with E-state index in [9.17, 15) is 18.0 Å². The minimum Gasteiger partial charge on any atom is -0.464 e. The van der Waals surface area contributed by atoms with E-state index in [2.05, 4.69) is 10.0 Å². The lowest BCUT2D eigenvalue weighted by molar-refractivity contribution is -0.145. The van der Waals surface area contributed by atoms with Gasteiger partial charge in [-0.3, -0.25) is 4.72 Å². The minimum atomic E-state index is -3.36. The van der Waals surface area contributed by atoms with E-state index in [1.54, 1.807) is 52.0 Å². The van der Waals surface area contributed by atoms with Crippen LogP contribution in [-0.2, 0) is 30.7 Å². The van der Waals surface area contributed by atoms with Gasteiger partial charge in [-0.2, -0.15) is 0 Å². The monoisotopic (exact) mass is 386 g/mol. The molecule has 0 saturated heterocycles. The Morgan fingerprint density at radius 1 is 1.15 bits per heavy atom. The number of nitrogens with one attached hydrogen (secondary N) is 2. The Morgan fingerprint density at radius 2 is 1.73 bits per heavy atom. The molecule has 8 nitrogen and oxygen atoms in total. The van der Waals surface area contributed by atoms with E-state index in [1.165, 1.54) is 0 Å². The van der Waals surface area contributed by atoms with Crippen LogP contribution in [0.5, 0.6) is 0 Å². The zero-order valence-electron chi connectivity index (χ0n) is 15.7. The average Bonchev–Trinajstić information content (AvgIpc) is 2.45. The second-order valence-corrected chi connectivity index (χ2v) is 8.47. The lowest BCUT2D eigenvalue weighted by Gasteiger charge is -2.23. The third-order valence-electron chi connectivity index (χ3n) is 2.96. The highest BCUT2D eigenvalue weighted by atomic mass is 32.2. The molecule has 0 heterocycles. The van der Waals surface area contributed by atoms with Crippen molar-refractivity contribution in [3.63, 3.8) is 0 Å². The summed E-state index contributed by atoms with van der Waals surface area (Å²) in [5.74, 6) is -0.573. The van der Waals surface area contributed by atoms with Gasteiger partial charge in [0.15, 0.2) is 0 Å². The number of anilines is 1. The number of carbonyl (C=O) groups is 2. The average molecular weight is 386 g/mol. The fourth-order valence-corrected chi connectivity index (χ4v) is 2.61. The van der Waals surface area contributed by atoms with Crippen LogP contribution in [0.1, 0.15) is 33.3 Å². The molecule has 1 aromatic carbocycles. The molecule has 146 valence electrons. The fourth-order valence-electron chi connectivity index (χ4n) is 2.04. The molecule has 0 radical (unpaired) electrons. The number of benzene rings is 1. The highest BCUT2D eigenvalue weighted by molar-refractivity contribution is 7.92. The normalized spacial score (nSPS) is 12.8. The van der Waals surface area contributed by atoms with E-state index in [0.29, 0.717) is 5.69 Å². The van der Waals surface area contributed by atoms with Crippen LogP contribution in [0.4, 0.5) is 10.5 Å². The van der Waals surface area contributed by atoms with Gasteiger partial charge in [0, 0.05) is 12.1 Å². The van der Waals surface area contributed by atoms with Gasteiger partial charge in [-0.05, 0) is 45.4 Å². The Balaban J connectivity index is 2.85. The number of esters is 1. The molecule has 0 aliphatic carbocycles. The molecule has 0 saturated carbocycles.